The molecule has 0 aromatic heterocycles. The average Bonchev–Trinajstić information content (AvgIpc) is 2.93. The summed E-state index contributed by atoms with van der Waals surface area (Å²) in [6, 6.07) is 11.6. The summed E-state index contributed by atoms with van der Waals surface area (Å²) in [5.41, 5.74) is 7.37. The van der Waals surface area contributed by atoms with E-state index in [1.54, 1.807) is 0 Å². The molecule has 106 valence electrons. The minimum atomic E-state index is 0.733. The van der Waals surface area contributed by atoms with E-state index in [-0.39, 0.29) is 0 Å². The molecule has 2 nitrogen and oxygen atoms in total. The Morgan fingerprint density at radius 1 is 1.21 bits per heavy atom. The summed E-state index contributed by atoms with van der Waals surface area (Å²) < 4.78 is 0. The number of hydrogen-bond acceptors (Lipinski definition) is 2. The molecule has 19 heavy (non-hydrogen) atoms. The molecular weight excluding hydrogens is 232 g/mol. The van der Waals surface area contributed by atoms with Crippen molar-refractivity contribution in [2.75, 3.05) is 19.6 Å². The van der Waals surface area contributed by atoms with Crippen LogP contribution in [0.4, 0.5) is 0 Å². The van der Waals surface area contributed by atoms with Crippen LogP contribution in [0.15, 0.2) is 30.3 Å². The van der Waals surface area contributed by atoms with E-state index in [9.17, 15) is 0 Å². The van der Waals surface area contributed by atoms with Crippen LogP contribution in [-0.2, 0) is 6.42 Å². The van der Waals surface area contributed by atoms with Crippen LogP contribution in [0.2, 0.25) is 0 Å². The van der Waals surface area contributed by atoms with Crippen LogP contribution in [-0.4, -0.2) is 30.6 Å². The zero-order valence-corrected chi connectivity index (χ0v) is 12.2. The predicted molar refractivity (Wildman–Crippen MR) is 82.2 cm³/mol. The van der Waals surface area contributed by atoms with Crippen molar-refractivity contribution in [3.8, 4) is 0 Å². The van der Waals surface area contributed by atoms with Crippen LogP contribution in [0.5, 0.6) is 0 Å². The molecule has 0 aliphatic heterocycles. The normalized spacial score (nSPS) is 23.1. The van der Waals surface area contributed by atoms with Gasteiger partial charge in [-0.3, -0.25) is 0 Å². The highest BCUT2D eigenvalue weighted by atomic mass is 15.2. The van der Waals surface area contributed by atoms with Gasteiger partial charge in [0.2, 0.25) is 0 Å². The Morgan fingerprint density at radius 2 is 2.00 bits per heavy atom. The molecule has 1 saturated carbocycles. The van der Waals surface area contributed by atoms with Gasteiger partial charge in [-0.2, -0.15) is 0 Å². The lowest BCUT2D eigenvalue weighted by molar-refractivity contribution is 0.168. The zero-order valence-electron chi connectivity index (χ0n) is 12.2. The molecule has 0 amide bonds. The second-order valence-corrected chi connectivity index (χ2v) is 5.71. The molecule has 0 saturated heterocycles. The van der Waals surface area contributed by atoms with Gasteiger partial charge in [-0.15, -0.1) is 0 Å². The number of nitrogens with zero attached hydrogens (tertiary/aromatic N) is 1. The third-order valence-corrected chi connectivity index (χ3v) is 4.55. The lowest BCUT2D eigenvalue weighted by Crippen LogP contribution is -2.40. The lowest BCUT2D eigenvalue weighted by Gasteiger charge is -2.31. The molecule has 2 N–H and O–H groups in total. The Kier molecular flexibility index (Phi) is 5.87. The quantitative estimate of drug-likeness (QED) is 0.816. The van der Waals surface area contributed by atoms with Crippen LogP contribution in [0.25, 0.3) is 0 Å². The number of hydrogen-bond donors (Lipinski definition) is 1. The first-order chi connectivity index (χ1) is 9.35. The fourth-order valence-electron chi connectivity index (χ4n) is 3.46. The average molecular weight is 260 g/mol. The van der Waals surface area contributed by atoms with Crippen molar-refractivity contribution in [1.29, 1.82) is 0 Å². The summed E-state index contributed by atoms with van der Waals surface area (Å²) in [6.07, 6.45) is 6.49. The van der Waals surface area contributed by atoms with E-state index in [0.29, 0.717) is 0 Å². The molecule has 0 radical (unpaired) electrons. The van der Waals surface area contributed by atoms with E-state index in [0.717, 1.165) is 25.0 Å². The molecule has 2 atom stereocenters. The van der Waals surface area contributed by atoms with Crippen LogP contribution in [0.3, 0.4) is 0 Å². The number of benzene rings is 1. The summed E-state index contributed by atoms with van der Waals surface area (Å²) in [5.74, 6) is 0.733. The Balaban J connectivity index is 1.79. The van der Waals surface area contributed by atoms with Crippen LogP contribution >= 0.6 is 0 Å². The van der Waals surface area contributed by atoms with Crippen molar-refractivity contribution in [2.24, 2.45) is 11.7 Å². The number of rotatable bonds is 7. The molecule has 1 aromatic rings. The van der Waals surface area contributed by atoms with E-state index in [1.165, 1.54) is 44.2 Å². The molecular formula is C17H28N2. The van der Waals surface area contributed by atoms with Gasteiger partial charge < -0.3 is 10.6 Å². The second-order valence-electron chi connectivity index (χ2n) is 5.71. The highest BCUT2D eigenvalue weighted by molar-refractivity contribution is 5.14. The molecule has 1 fully saturated rings. The van der Waals surface area contributed by atoms with Crippen molar-refractivity contribution in [1.82, 2.24) is 4.90 Å². The topological polar surface area (TPSA) is 29.3 Å². The van der Waals surface area contributed by atoms with Crippen LogP contribution in [0, 0.1) is 5.92 Å². The molecule has 1 aromatic carbocycles. The molecule has 0 spiro atoms. The van der Waals surface area contributed by atoms with E-state index in [2.05, 4.69) is 42.2 Å². The largest absolute Gasteiger partial charge is 0.330 e. The maximum atomic E-state index is 5.91. The first-order valence-electron chi connectivity index (χ1n) is 7.83. The van der Waals surface area contributed by atoms with Gasteiger partial charge in [-0.1, -0.05) is 43.7 Å². The summed E-state index contributed by atoms with van der Waals surface area (Å²) in [7, 11) is 0. The molecule has 0 bridgehead atoms. The summed E-state index contributed by atoms with van der Waals surface area (Å²) in [4.78, 5) is 2.66. The number of nitrogens with two attached hydrogens (primary N) is 1. The smallest absolute Gasteiger partial charge is 0.0135 e. The van der Waals surface area contributed by atoms with Gasteiger partial charge in [0.25, 0.3) is 0 Å². The fraction of sp³-hybridized carbons (Fsp3) is 0.647. The van der Waals surface area contributed by atoms with Gasteiger partial charge in [0.1, 0.15) is 0 Å². The van der Waals surface area contributed by atoms with Gasteiger partial charge in [0.05, 0.1) is 0 Å². The second kappa shape index (κ2) is 7.66. The van der Waals surface area contributed by atoms with Gasteiger partial charge >= 0.3 is 0 Å². The Bertz CT molecular complexity index is 350. The minimum Gasteiger partial charge on any atom is -0.330 e. The number of aryl methyl sites for hydroxylation is 1. The van der Waals surface area contributed by atoms with Gasteiger partial charge in [-0.05, 0) is 56.8 Å². The van der Waals surface area contributed by atoms with Crippen molar-refractivity contribution >= 4 is 0 Å². The van der Waals surface area contributed by atoms with Gasteiger partial charge in [0.15, 0.2) is 0 Å². The highest BCUT2D eigenvalue weighted by Gasteiger charge is 2.29. The maximum Gasteiger partial charge on any atom is 0.0135 e. The first-order valence-corrected chi connectivity index (χ1v) is 7.83. The minimum absolute atomic E-state index is 0.733. The first kappa shape index (κ1) is 14.5. The molecule has 0 heterocycles. The molecule has 1 aliphatic carbocycles. The van der Waals surface area contributed by atoms with Gasteiger partial charge in [-0.25, -0.2) is 0 Å². The lowest BCUT2D eigenvalue weighted by atomic mass is 10.0. The SMILES string of the molecule is CCN(CCCc1ccccc1)C1CCCC1CN. The molecule has 2 unspecified atom stereocenters. The summed E-state index contributed by atoms with van der Waals surface area (Å²) >= 11 is 0. The van der Waals surface area contributed by atoms with E-state index >= 15 is 0 Å². The molecule has 2 heteroatoms. The summed E-state index contributed by atoms with van der Waals surface area (Å²) in [5, 5.41) is 0. The van der Waals surface area contributed by atoms with E-state index in [1.807, 2.05) is 0 Å². The third kappa shape index (κ3) is 4.05. The maximum absolute atomic E-state index is 5.91. The van der Waals surface area contributed by atoms with E-state index in [4.69, 9.17) is 5.73 Å². The van der Waals surface area contributed by atoms with Crippen molar-refractivity contribution < 1.29 is 0 Å². The predicted octanol–water partition coefficient (Wildman–Crippen LogP) is 3.07. The van der Waals surface area contributed by atoms with Crippen molar-refractivity contribution in [3.05, 3.63) is 35.9 Å². The van der Waals surface area contributed by atoms with Crippen LogP contribution in [0.1, 0.15) is 38.2 Å². The standard InChI is InChI=1S/C17H28N2/c1-2-19(17-12-6-11-16(17)14-18)13-7-10-15-8-4-3-5-9-15/h3-5,8-9,16-17H,2,6-7,10-14,18H2,1H3. The Hall–Kier alpha value is -0.860. The zero-order chi connectivity index (χ0) is 13.5. The Labute approximate surface area is 118 Å². The highest BCUT2D eigenvalue weighted by Crippen LogP contribution is 2.29. The van der Waals surface area contributed by atoms with Crippen LogP contribution < -0.4 is 5.73 Å². The fourth-order valence-corrected chi connectivity index (χ4v) is 3.46. The van der Waals surface area contributed by atoms with Gasteiger partial charge in [0, 0.05) is 6.04 Å². The van der Waals surface area contributed by atoms with Crippen molar-refractivity contribution in [3.63, 3.8) is 0 Å². The molecule has 2 rings (SSSR count). The van der Waals surface area contributed by atoms with E-state index < -0.39 is 0 Å². The third-order valence-electron chi connectivity index (χ3n) is 4.55. The van der Waals surface area contributed by atoms with Crippen molar-refractivity contribution in [2.45, 2.75) is 45.1 Å². The molecule has 1 aliphatic rings. The summed E-state index contributed by atoms with van der Waals surface area (Å²) in [6.45, 7) is 5.52. The monoisotopic (exact) mass is 260 g/mol. The Morgan fingerprint density at radius 3 is 2.68 bits per heavy atom.